The van der Waals surface area contributed by atoms with Crippen molar-refractivity contribution in [2.24, 2.45) is 0 Å². The summed E-state index contributed by atoms with van der Waals surface area (Å²) >= 11 is 10.2. The molecule has 6 nitrogen and oxygen atoms in total. The van der Waals surface area contributed by atoms with Crippen molar-refractivity contribution in [2.45, 2.75) is 6.42 Å². The van der Waals surface area contributed by atoms with Crippen molar-refractivity contribution < 1.29 is 18.3 Å². The Morgan fingerprint density at radius 2 is 1.64 bits per heavy atom. The van der Waals surface area contributed by atoms with E-state index in [0.29, 0.717) is 29.6 Å². The molecule has 0 radical (unpaired) electrons. The highest BCUT2D eigenvalue weighted by Crippen LogP contribution is 2.27. The maximum Gasteiger partial charge on any atom is 0.189 e. The van der Waals surface area contributed by atoms with Crippen molar-refractivity contribution in [3.8, 4) is 11.5 Å². The Balaban J connectivity index is 1.73. The Morgan fingerprint density at radius 1 is 0.929 bits per heavy atom. The molecule has 0 heterocycles. The Morgan fingerprint density at radius 3 is 2.32 bits per heavy atom. The van der Waals surface area contributed by atoms with E-state index in [0.717, 1.165) is 17.7 Å². The summed E-state index contributed by atoms with van der Waals surface area (Å²) < 4.78 is 36.9. The zero-order valence-electron chi connectivity index (χ0n) is 15.3. The zero-order valence-corrected chi connectivity index (χ0v) is 16.9. The predicted octanol–water partition coefficient (Wildman–Crippen LogP) is 2.89. The fourth-order valence-electron chi connectivity index (χ4n) is 2.26. The summed E-state index contributed by atoms with van der Waals surface area (Å²) in [7, 11) is 3.17. The van der Waals surface area contributed by atoms with Gasteiger partial charge in [0, 0.05) is 12.6 Å². The topological polar surface area (TPSA) is 66.6 Å². The van der Waals surface area contributed by atoms with Crippen LogP contribution in [0.5, 0.6) is 11.5 Å². The molecule has 0 amide bonds. The van der Waals surface area contributed by atoms with E-state index >= 15 is 0 Å². The van der Waals surface area contributed by atoms with Gasteiger partial charge in [0.25, 0.3) is 0 Å². The lowest BCUT2D eigenvalue weighted by Gasteiger charge is -2.15. The van der Waals surface area contributed by atoms with Gasteiger partial charge in [-0.05, 0) is 60.7 Å². The number of hydrogen-bond donors (Lipinski definition) is 4. The standard InChI is InChI=1S/C18H20F2N4O2S2/c1-25-15-6-3-11(9-16(15)26-2)7-8-21-17(27)23-24-18(28)22-14-5-4-12(19)10-13(14)20/h3-6,9-10H,7-8H2,1-2H3,(H2,21,23,27)(H2,22,24,28). The van der Waals surface area contributed by atoms with Crippen molar-refractivity contribution >= 4 is 40.3 Å². The van der Waals surface area contributed by atoms with Crippen LogP contribution in [0.3, 0.4) is 0 Å². The van der Waals surface area contributed by atoms with Crippen LogP contribution in [0.1, 0.15) is 5.56 Å². The molecule has 10 heteroatoms. The lowest BCUT2D eigenvalue weighted by molar-refractivity contribution is 0.354. The van der Waals surface area contributed by atoms with Gasteiger partial charge in [0.2, 0.25) is 0 Å². The van der Waals surface area contributed by atoms with Gasteiger partial charge in [-0.1, -0.05) is 6.07 Å². The molecule has 28 heavy (non-hydrogen) atoms. The largest absolute Gasteiger partial charge is 0.493 e. The highest BCUT2D eigenvalue weighted by atomic mass is 32.1. The second-order valence-corrected chi connectivity index (χ2v) is 6.34. The summed E-state index contributed by atoms with van der Waals surface area (Å²) in [4.78, 5) is 0. The summed E-state index contributed by atoms with van der Waals surface area (Å²) in [5.74, 6) is -0.0919. The summed E-state index contributed by atoms with van der Waals surface area (Å²) in [6, 6.07) is 8.81. The minimum Gasteiger partial charge on any atom is -0.493 e. The predicted molar refractivity (Wildman–Crippen MR) is 113 cm³/mol. The van der Waals surface area contributed by atoms with E-state index in [-0.39, 0.29) is 10.8 Å². The molecule has 0 aliphatic heterocycles. The Hall–Kier alpha value is -2.72. The molecule has 2 rings (SSSR count). The summed E-state index contributed by atoms with van der Waals surface area (Å²) in [6.45, 7) is 0.565. The van der Waals surface area contributed by atoms with Crippen LogP contribution in [0.2, 0.25) is 0 Å². The third-order valence-corrected chi connectivity index (χ3v) is 4.07. The van der Waals surface area contributed by atoms with E-state index in [2.05, 4.69) is 21.5 Å². The van der Waals surface area contributed by atoms with Crippen LogP contribution in [-0.2, 0) is 6.42 Å². The number of anilines is 1. The first-order chi connectivity index (χ1) is 13.4. The fraction of sp³-hybridized carbons (Fsp3) is 0.222. The molecule has 0 unspecified atom stereocenters. The molecular formula is C18H20F2N4O2S2. The first-order valence-corrected chi connectivity index (χ1v) is 9.01. The summed E-state index contributed by atoms with van der Waals surface area (Å²) in [5, 5.41) is 6.00. The molecule has 0 bridgehead atoms. The Kier molecular flexibility index (Phi) is 8.15. The monoisotopic (exact) mass is 426 g/mol. The molecule has 0 aliphatic carbocycles. The molecule has 0 fully saturated rings. The maximum atomic E-state index is 13.6. The highest BCUT2D eigenvalue weighted by Gasteiger charge is 2.07. The number of rotatable bonds is 6. The number of thiocarbonyl (C=S) groups is 2. The molecule has 150 valence electrons. The third-order valence-electron chi connectivity index (χ3n) is 3.62. The van der Waals surface area contributed by atoms with Crippen LogP contribution >= 0.6 is 24.4 Å². The summed E-state index contributed by atoms with van der Waals surface area (Å²) in [6.07, 6.45) is 0.700. The first-order valence-electron chi connectivity index (χ1n) is 8.19. The van der Waals surface area contributed by atoms with Gasteiger partial charge in [0.05, 0.1) is 19.9 Å². The molecule has 0 saturated carbocycles. The van der Waals surface area contributed by atoms with E-state index in [1.54, 1.807) is 14.2 Å². The van der Waals surface area contributed by atoms with Gasteiger partial charge in [0.1, 0.15) is 11.6 Å². The minimum atomic E-state index is -0.750. The van der Waals surface area contributed by atoms with Crippen molar-refractivity contribution in [1.29, 1.82) is 0 Å². The molecule has 0 aliphatic rings. The lowest BCUT2D eigenvalue weighted by atomic mass is 10.1. The van der Waals surface area contributed by atoms with E-state index in [1.807, 2.05) is 18.2 Å². The van der Waals surface area contributed by atoms with Crippen LogP contribution in [0.15, 0.2) is 36.4 Å². The Bertz CT molecular complexity index is 852. The fourth-order valence-corrected chi connectivity index (χ4v) is 2.57. The number of halogens is 2. The van der Waals surface area contributed by atoms with Crippen LogP contribution in [0.4, 0.5) is 14.5 Å². The zero-order chi connectivity index (χ0) is 20.5. The van der Waals surface area contributed by atoms with Crippen molar-refractivity contribution in [1.82, 2.24) is 16.2 Å². The second kappa shape index (κ2) is 10.6. The molecular weight excluding hydrogens is 406 g/mol. The van der Waals surface area contributed by atoms with E-state index < -0.39 is 11.6 Å². The molecule has 0 aromatic heterocycles. The number of hydrazine groups is 1. The number of benzene rings is 2. The molecule has 0 spiro atoms. The smallest absolute Gasteiger partial charge is 0.189 e. The van der Waals surface area contributed by atoms with E-state index in [9.17, 15) is 8.78 Å². The van der Waals surface area contributed by atoms with Gasteiger partial charge in [-0.15, -0.1) is 0 Å². The van der Waals surface area contributed by atoms with Crippen LogP contribution in [-0.4, -0.2) is 31.0 Å². The highest BCUT2D eigenvalue weighted by molar-refractivity contribution is 7.80. The lowest BCUT2D eigenvalue weighted by Crippen LogP contribution is -2.48. The number of nitrogens with one attached hydrogen (secondary N) is 4. The average molecular weight is 427 g/mol. The van der Waals surface area contributed by atoms with Gasteiger partial charge in [-0.2, -0.15) is 0 Å². The number of methoxy groups -OCH3 is 2. The van der Waals surface area contributed by atoms with Crippen LogP contribution < -0.4 is 31.0 Å². The van der Waals surface area contributed by atoms with Crippen molar-refractivity contribution in [2.75, 3.05) is 26.1 Å². The normalized spacial score (nSPS) is 10.0. The first kappa shape index (κ1) is 21.6. The number of hydrogen-bond acceptors (Lipinski definition) is 4. The van der Waals surface area contributed by atoms with Crippen LogP contribution in [0.25, 0.3) is 0 Å². The maximum absolute atomic E-state index is 13.6. The van der Waals surface area contributed by atoms with Gasteiger partial charge in [0.15, 0.2) is 21.7 Å². The van der Waals surface area contributed by atoms with E-state index in [4.69, 9.17) is 33.9 Å². The van der Waals surface area contributed by atoms with Gasteiger partial charge in [-0.25, -0.2) is 8.78 Å². The quantitative estimate of drug-likeness (QED) is 0.416. The second-order valence-electron chi connectivity index (χ2n) is 5.52. The Labute approximate surface area is 172 Å². The van der Waals surface area contributed by atoms with E-state index in [1.165, 1.54) is 6.07 Å². The summed E-state index contributed by atoms with van der Waals surface area (Å²) in [5.41, 5.74) is 6.41. The van der Waals surface area contributed by atoms with Crippen molar-refractivity contribution in [3.63, 3.8) is 0 Å². The molecule has 4 N–H and O–H groups in total. The van der Waals surface area contributed by atoms with Crippen molar-refractivity contribution in [3.05, 3.63) is 53.6 Å². The number of ether oxygens (including phenoxy) is 2. The minimum absolute atomic E-state index is 0.0491. The van der Waals surface area contributed by atoms with Gasteiger partial charge >= 0.3 is 0 Å². The van der Waals surface area contributed by atoms with Gasteiger partial charge < -0.3 is 20.1 Å². The molecule has 2 aromatic carbocycles. The third kappa shape index (κ3) is 6.46. The molecule has 2 aromatic rings. The molecule has 0 saturated heterocycles. The molecule has 0 atom stereocenters. The van der Waals surface area contributed by atoms with Crippen LogP contribution in [0, 0.1) is 11.6 Å². The SMILES string of the molecule is COc1ccc(CCNC(=S)NNC(=S)Nc2ccc(F)cc2F)cc1OC. The van der Waals surface area contributed by atoms with Gasteiger partial charge in [-0.3, -0.25) is 10.9 Å². The average Bonchev–Trinajstić information content (AvgIpc) is 2.68.